The Morgan fingerprint density at radius 3 is 3.00 bits per heavy atom. The van der Waals surface area contributed by atoms with Crippen LogP contribution in [0.3, 0.4) is 0 Å². The Morgan fingerprint density at radius 2 is 2.38 bits per heavy atom. The van der Waals surface area contributed by atoms with Gasteiger partial charge in [0.2, 0.25) is 0 Å². The predicted octanol–water partition coefficient (Wildman–Crippen LogP) is 2.18. The molecule has 2 nitrogen and oxygen atoms in total. The van der Waals surface area contributed by atoms with Crippen molar-refractivity contribution in [3.63, 3.8) is 0 Å². The molecule has 0 spiro atoms. The Balaban J connectivity index is 2.33. The fourth-order valence-corrected chi connectivity index (χ4v) is 1.90. The van der Waals surface area contributed by atoms with E-state index in [-0.39, 0.29) is 0 Å². The van der Waals surface area contributed by atoms with Crippen LogP contribution in [0.5, 0.6) is 0 Å². The molecule has 0 aromatic heterocycles. The number of aliphatic hydroxyl groups is 2. The Hall–Kier alpha value is -0.380. The maximum absolute atomic E-state index is 5.59. The van der Waals surface area contributed by atoms with Crippen molar-refractivity contribution in [2.24, 2.45) is 0 Å². The molecule has 0 saturated carbocycles. The summed E-state index contributed by atoms with van der Waals surface area (Å²) in [7, 11) is 0. The van der Waals surface area contributed by atoms with Gasteiger partial charge in [0, 0.05) is 11.4 Å². The van der Waals surface area contributed by atoms with Crippen LogP contribution in [-0.4, -0.2) is 18.0 Å². The van der Waals surface area contributed by atoms with E-state index in [2.05, 4.69) is 26.7 Å². The van der Waals surface area contributed by atoms with E-state index in [1.807, 2.05) is 25.1 Å². The SMILES string of the molecule is CC1(c2cccc(Br)c2)OCC[OH+]1. The smallest absolute Gasteiger partial charge is 0.299 e. The van der Waals surface area contributed by atoms with E-state index in [0.29, 0.717) is 0 Å². The summed E-state index contributed by atoms with van der Waals surface area (Å²) in [6.45, 7) is 3.52. The van der Waals surface area contributed by atoms with Crippen LogP contribution in [0.1, 0.15) is 12.5 Å². The van der Waals surface area contributed by atoms with Crippen molar-refractivity contribution in [3.05, 3.63) is 34.3 Å². The molecule has 1 N–H and O–H groups in total. The maximum atomic E-state index is 5.59. The van der Waals surface area contributed by atoms with E-state index in [4.69, 9.17) is 4.74 Å². The summed E-state index contributed by atoms with van der Waals surface area (Å²) in [5.74, 6) is -0.427. The van der Waals surface area contributed by atoms with Gasteiger partial charge in [-0.2, -0.15) is 0 Å². The lowest BCUT2D eigenvalue weighted by molar-refractivity contribution is -0.245. The van der Waals surface area contributed by atoms with Crippen LogP contribution in [0.15, 0.2) is 28.7 Å². The third kappa shape index (κ3) is 1.77. The van der Waals surface area contributed by atoms with E-state index >= 15 is 0 Å². The van der Waals surface area contributed by atoms with Gasteiger partial charge in [-0.3, -0.25) is 4.74 Å². The summed E-state index contributed by atoms with van der Waals surface area (Å²) in [4.78, 5) is 0. The van der Waals surface area contributed by atoms with Gasteiger partial charge in [0.15, 0.2) is 6.61 Å². The normalized spacial score (nSPS) is 27.8. The topological polar surface area (TPSA) is 22.0 Å². The molecule has 1 aliphatic rings. The summed E-state index contributed by atoms with van der Waals surface area (Å²) >= 11 is 3.44. The zero-order valence-electron chi connectivity index (χ0n) is 7.46. The summed E-state index contributed by atoms with van der Waals surface area (Å²) in [6.07, 6.45) is 0. The molecule has 0 aliphatic carbocycles. The van der Waals surface area contributed by atoms with E-state index in [1.165, 1.54) is 0 Å². The van der Waals surface area contributed by atoms with Crippen molar-refractivity contribution in [1.29, 1.82) is 0 Å². The van der Waals surface area contributed by atoms with Crippen molar-refractivity contribution in [1.82, 2.24) is 0 Å². The molecular formula is C10H12BrO2+. The molecule has 1 aromatic carbocycles. The standard InChI is InChI=1S/C10H11BrO2/c1-10(12-5-6-13-10)8-3-2-4-9(11)7-8/h2-4,7H,5-6H2,1H3/p+1. The molecule has 13 heavy (non-hydrogen) atoms. The van der Waals surface area contributed by atoms with Gasteiger partial charge in [0.1, 0.15) is 6.61 Å². The lowest BCUT2D eigenvalue weighted by atomic mass is 10.1. The van der Waals surface area contributed by atoms with E-state index < -0.39 is 5.79 Å². The van der Waals surface area contributed by atoms with Gasteiger partial charge in [0.25, 0.3) is 5.79 Å². The summed E-state index contributed by atoms with van der Waals surface area (Å²) in [5, 5.41) is 0. The number of halogens is 1. The monoisotopic (exact) mass is 243 g/mol. The Kier molecular flexibility index (Phi) is 2.41. The van der Waals surface area contributed by atoms with Gasteiger partial charge in [0.05, 0.1) is 5.56 Å². The van der Waals surface area contributed by atoms with E-state index in [9.17, 15) is 0 Å². The predicted molar refractivity (Wildman–Crippen MR) is 54.5 cm³/mol. The summed E-state index contributed by atoms with van der Waals surface area (Å²) < 4.78 is 11.1. The van der Waals surface area contributed by atoms with Crippen LogP contribution in [-0.2, 0) is 10.5 Å². The summed E-state index contributed by atoms with van der Waals surface area (Å²) in [6, 6.07) is 8.10. The Labute approximate surface area is 86.0 Å². The molecule has 1 heterocycles. The second-order valence-corrected chi connectivity index (χ2v) is 4.14. The van der Waals surface area contributed by atoms with Crippen molar-refractivity contribution in [2.75, 3.05) is 13.2 Å². The first-order valence-corrected chi connectivity index (χ1v) is 5.09. The lowest BCUT2D eigenvalue weighted by Gasteiger charge is -2.17. The van der Waals surface area contributed by atoms with Crippen LogP contribution in [0.25, 0.3) is 0 Å². The average molecular weight is 244 g/mol. The number of benzene rings is 1. The van der Waals surface area contributed by atoms with Gasteiger partial charge in [-0.1, -0.05) is 22.0 Å². The average Bonchev–Trinajstić information content (AvgIpc) is 2.54. The largest absolute Gasteiger partial charge is 0.402 e. The van der Waals surface area contributed by atoms with Gasteiger partial charge in [-0.05, 0) is 18.2 Å². The van der Waals surface area contributed by atoms with Crippen molar-refractivity contribution < 1.29 is 9.47 Å². The molecule has 0 bridgehead atoms. The second kappa shape index (κ2) is 3.40. The minimum Gasteiger partial charge on any atom is -0.402 e. The molecule has 1 saturated heterocycles. The molecular weight excluding hydrogens is 232 g/mol. The molecule has 3 heteroatoms. The van der Waals surface area contributed by atoms with Gasteiger partial charge in [-0.15, -0.1) is 0 Å². The highest BCUT2D eigenvalue weighted by molar-refractivity contribution is 9.10. The second-order valence-electron chi connectivity index (χ2n) is 3.22. The molecule has 1 unspecified atom stereocenters. The molecule has 0 amide bonds. The van der Waals surface area contributed by atoms with Crippen molar-refractivity contribution >= 4 is 15.9 Å². The summed E-state index contributed by atoms with van der Waals surface area (Å²) in [5.41, 5.74) is 1.11. The number of rotatable bonds is 1. The molecule has 1 atom stereocenters. The molecule has 1 aromatic rings. The van der Waals surface area contributed by atoms with Crippen molar-refractivity contribution in [3.8, 4) is 0 Å². The third-order valence-corrected chi connectivity index (χ3v) is 2.74. The highest BCUT2D eigenvalue weighted by Crippen LogP contribution is 2.29. The molecule has 70 valence electrons. The minimum absolute atomic E-state index is 0.427. The maximum Gasteiger partial charge on any atom is 0.299 e. The highest BCUT2D eigenvalue weighted by atomic mass is 79.9. The molecule has 1 fully saturated rings. The fourth-order valence-electron chi connectivity index (χ4n) is 1.50. The zero-order chi connectivity index (χ0) is 9.31. The first-order valence-electron chi connectivity index (χ1n) is 4.29. The number of hydrogen-bond acceptors (Lipinski definition) is 1. The molecule has 1 aliphatic heterocycles. The molecule has 2 rings (SSSR count). The van der Waals surface area contributed by atoms with Crippen LogP contribution < -0.4 is 0 Å². The van der Waals surface area contributed by atoms with Crippen LogP contribution in [0, 0.1) is 0 Å². The van der Waals surface area contributed by atoms with E-state index in [0.717, 1.165) is 23.2 Å². The molecule has 0 radical (unpaired) electrons. The Morgan fingerprint density at radius 1 is 1.54 bits per heavy atom. The lowest BCUT2D eigenvalue weighted by Crippen LogP contribution is -2.25. The van der Waals surface area contributed by atoms with Gasteiger partial charge in [-0.25, -0.2) is 0 Å². The first kappa shape index (κ1) is 9.19. The van der Waals surface area contributed by atoms with Crippen molar-refractivity contribution in [2.45, 2.75) is 12.7 Å². The number of hydrogen-bond donors (Lipinski definition) is 0. The van der Waals surface area contributed by atoms with Gasteiger partial charge >= 0.3 is 0 Å². The van der Waals surface area contributed by atoms with Crippen LogP contribution in [0.2, 0.25) is 0 Å². The zero-order valence-corrected chi connectivity index (χ0v) is 9.04. The van der Waals surface area contributed by atoms with Gasteiger partial charge < -0.3 is 4.74 Å². The quantitative estimate of drug-likeness (QED) is 0.694. The fraction of sp³-hybridized carbons (Fsp3) is 0.400. The Bertz CT molecular complexity index is 306. The minimum atomic E-state index is -0.427. The van der Waals surface area contributed by atoms with Crippen LogP contribution >= 0.6 is 15.9 Å². The van der Waals surface area contributed by atoms with E-state index in [1.54, 1.807) is 0 Å². The third-order valence-electron chi connectivity index (χ3n) is 2.25. The first-order chi connectivity index (χ1) is 6.21. The highest BCUT2D eigenvalue weighted by Gasteiger charge is 2.38. The van der Waals surface area contributed by atoms with Crippen LogP contribution in [0.4, 0.5) is 0 Å². The number of ether oxygens (including phenoxy) is 2.